The van der Waals surface area contributed by atoms with Crippen LogP contribution in [0.15, 0.2) is 71.5 Å². The summed E-state index contributed by atoms with van der Waals surface area (Å²) in [7, 11) is 1.44. The summed E-state index contributed by atoms with van der Waals surface area (Å²) < 4.78 is 18.3. The number of aliphatic hydroxyl groups is 2. The van der Waals surface area contributed by atoms with Crippen LogP contribution >= 0.6 is 15.9 Å². The van der Waals surface area contributed by atoms with Crippen molar-refractivity contribution in [1.82, 2.24) is 15.6 Å². The van der Waals surface area contributed by atoms with Gasteiger partial charge in [-0.25, -0.2) is 4.79 Å². The minimum absolute atomic E-state index is 0.0667. The number of hydrogen-bond donors (Lipinski definition) is 4. The van der Waals surface area contributed by atoms with Gasteiger partial charge in [0.1, 0.15) is 23.2 Å². The summed E-state index contributed by atoms with van der Waals surface area (Å²) in [5.41, 5.74) is -2.95. The van der Waals surface area contributed by atoms with Gasteiger partial charge in [0.05, 0.1) is 31.0 Å². The van der Waals surface area contributed by atoms with E-state index in [0.717, 1.165) is 4.47 Å². The molecule has 0 unspecified atom stereocenters. The number of hydrogen-bond acceptors (Lipinski definition) is 8. The predicted molar refractivity (Wildman–Crippen MR) is 157 cm³/mol. The lowest BCUT2D eigenvalue weighted by Crippen LogP contribution is -2.52. The normalized spacial score (nSPS) is 26.0. The van der Waals surface area contributed by atoms with Gasteiger partial charge in [0, 0.05) is 23.5 Å². The van der Waals surface area contributed by atoms with Crippen molar-refractivity contribution >= 4 is 27.9 Å². The van der Waals surface area contributed by atoms with Gasteiger partial charge in [-0.2, -0.15) is 0 Å². The molecule has 2 aliphatic rings. The van der Waals surface area contributed by atoms with Gasteiger partial charge >= 0.3 is 6.09 Å². The maximum absolute atomic E-state index is 13.9. The third-order valence-corrected chi connectivity index (χ3v) is 8.24. The molecule has 0 spiro atoms. The minimum atomic E-state index is -2.11. The monoisotopic (exact) mass is 639 g/mol. The van der Waals surface area contributed by atoms with Crippen LogP contribution in [0, 0.1) is 5.92 Å². The SMILES string of the molecule is COc1cncc2c1[C@]1(O)[C@H](O)[C@H](C(=O)NCCNC(=O)OC(C)(C)C)[C@@H](c3ccccc3)[C@]1(c1ccc(Br)cc1)O2. The first-order valence-electron chi connectivity index (χ1n) is 13.6. The van der Waals surface area contributed by atoms with E-state index in [-0.39, 0.29) is 30.2 Å². The fourth-order valence-corrected chi connectivity index (χ4v) is 6.43. The number of amides is 2. The fourth-order valence-electron chi connectivity index (χ4n) is 6.17. The number of rotatable bonds is 7. The molecule has 2 aromatic carbocycles. The Bertz CT molecular complexity index is 1460. The van der Waals surface area contributed by atoms with Crippen molar-refractivity contribution in [2.75, 3.05) is 20.2 Å². The average Bonchev–Trinajstić information content (AvgIpc) is 3.33. The second-order valence-corrected chi connectivity index (χ2v) is 12.3. The van der Waals surface area contributed by atoms with Crippen LogP contribution in [0.4, 0.5) is 4.79 Å². The highest BCUT2D eigenvalue weighted by Gasteiger charge is 2.78. The smallest absolute Gasteiger partial charge is 0.407 e. The largest absolute Gasteiger partial charge is 0.495 e. The summed E-state index contributed by atoms with van der Waals surface area (Å²) in [6, 6.07) is 16.4. The Kier molecular flexibility index (Phi) is 7.95. The number of nitrogens with zero attached hydrogens (tertiary/aromatic N) is 1. The summed E-state index contributed by atoms with van der Waals surface area (Å²) in [6.07, 6.45) is 0.685. The molecule has 5 atom stereocenters. The molecule has 1 aliphatic carbocycles. The number of fused-ring (bicyclic) bond motifs is 3. The van der Waals surface area contributed by atoms with Crippen molar-refractivity contribution in [2.24, 2.45) is 5.92 Å². The lowest BCUT2D eigenvalue weighted by atomic mass is 9.70. The van der Waals surface area contributed by atoms with E-state index < -0.39 is 46.7 Å². The Hall–Kier alpha value is -3.67. The van der Waals surface area contributed by atoms with Gasteiger partial charge in [-0.05, 0) is 44.0 Å². The number of aliphatic hydroxyl groups excluding tert-OH is 1. The molecule has 2 heterocycles. The number of alkyl carbamates (subject to hydrolysis) is 1. The molecular weight excluding hydrogens is 606 g/mol. The highest BCUT2D eigenvalue weighted by Crippen LogP contribution is 2.69. The third kappa shape index (κ3) is 4.89. The van der Waals surface area contributed by atoms with E-state index in [0.29, 0.717) is 11.1 Å². The van der Waals surface area contributed by atoms with E-state index in [9.17, 15) is 19.8 Å². The van der Waals surface area contributed by atoms with E-state index in [2.05, 4.69) is 31.5 Å². The van der Waals surface area contributed by atoms with E-state index in [1.54, 1.807) is 32.9 Å². The minimum Gasteiger partial charge on any atom is -0.495 e. The number of methoxy groups -OCH3 is 1. The number of carbonyl (C=O) groups is 2. The van der Waals surface area contributed by atoms with Crippen molar-refractivity contribution < 1.29 is 34.0 Å². The molecule has 1 aliphatic heterocycles. The Morgan fingerprint density at radius 1 is 1.05 bits per heavy atom. The van der Waals surface area contributed by atoms with E-state index in [1.807, 2.05) is 42.5 Å². The molecule has 0 bridgehead atoms. The molecule has 0 radical (unpaired) electrons. The van der Waals surface area contributed by atoms with Crippen LogP contribution in [0.2, 0.25) is 0 Å². The van der Waals surface area contributed by atoms with Gasteiger partial charge in [0.2, 0.25) is 5.91 Å². The summed E-state index contributed by atoms with van der Waals surface area (Å²) in [5.74, 6) is -2.05. The lowest BCUT2D eigenvalue weighted by Gasteiger charge is -2.40. The molecule has 11 heteroatoms. The molecule has 5 rings (SSSR count). The van der Waals surface area contributed by atoms with E-state index >= 15 is 0 Å². The van der Waals surface area contributed by atoms with E-state index in [1.165, 1.54) is 19.5 Å². The molecule has 10 nitrogen and oxygen atoms in total. The molecule has 1 fully saturated rings. The molecule has 1 aromatic heterocycles. The van der Waals surface area contributed by atoms with Gasteiger partial charge in [-0.1, -0.05) is 58.4 Å². The predicted octanol–water partition coefficient (Wildman–Crippen LogP) is 3.74. The van der Waals surface area contributed by atoms with Gasteiger partial charge < -0.3 is 35.1 Å². The number of pyridine rings is 1. The molecule has 4 N–H and O–H groups in total. The van der Waals surface area contributed by atoms with Gasteiger partial charge in [-0.3, -0.25) is 9.78 Å². The molecule has 1 saturated carbocycles. The number of ether oxygens (including phenoxy) is 3. The average molecular weight is 641 g/mol. The third-order valence-electron chi connectivity index (χ3n) is 7.71. The number of halogens is 1. The van der Waals surface area contributed by atoms with Crippen molar-refractivity contribution in [3.8, 4) is 11.5 Å². The first-order valence-corrected chi connectivity index (χ1v) is 14.4. The molecule has 222 valence electrons. The first-order chi connectivity index (χ1) is 19.9. The van der Waals surface area contributed by atoms with E-state index in [4.69, 9.17) is 14.2 Å². The zero-order chi connectivity index (χ0) is 30.3. The Labute approximate surface area is 252 Å². The van der Waals surface area contributed by atoms with Gasteiger partial charge in [0.15, 0.2) is 11.2 Å². The van der Waals surface area contributed by atoms with Crippen LogP contribution < -0.4 is 20.1 Å². The number of benzene rings is 2. The topological polar surface area (TPSA) is 139 Å². The molecule has 42 heavy (non-hydrogen) atoms. The van der Waals surface area contributed by atoms with Crippen LogP contribution in [0.3, 0.4) is 0 Å². The Morgan fingerprint density at radius 2 is 1.71 bits per heavy atom. The molecule has 2 amide bonds. The van der Waals surface area contributed by atoms with Crippen LogP contribution in [-0.4, -0.2) is 59.1 Å². The molecular formula is C31H34BrN3O7. The Balaban J connectivity index is 1.58. The molecule has 0 saturated heterocycles. The highest BCUT2D eigenvalue weighted by molar-refractivity contribution is 9.10. The van der Waals surface area contributed by atoms with Gasteiger partial charge in [0.25, 0.3) is 0 Å². The quantitative estimate of drug-likeness (QED) is 0.287. The summed E-state index contributed by atoms with van der Waals surface area (Å²) in [5, 5.41) is 30.3. The van der Waals surface area contributed by atoms with Crippen molar-refractivity contribution in [3.05, 3.63) is 88.2 Å². The van der Waals surface area contributed by atoms with Crippen molar-refractivity contribution in [2.45, 2.75) is 49.6 Å². The number of carbonyl (C=O) groups excluding carboxylic acids is 2. The van der Waals surface area contributed by atoms with Crippen LogP contribution in [0.5, 0.6) is 11.5 Å². The maximum Gasteiger partial charge on any atom is 0.407 e. The second-order valence-electron chi connectivity index (χ2n) is 11.4. The van der Waals surface area contributed by atoms with Gasteiger partial charge in [-0.15, -0.1) is 0 Å². The standard InChI is InChI=1S/C31H34BrN3O7/c1-29(2,3)42-28(38)35-15-14-34-27(37)23-24(18-8-6-5-7-9-18)31(19-10-12-20(32)13-11-19)30(39,26(23)36)25-21(40-4)16-33-17-22(25)41-31/h5-13,16-17,23-24,26,36,39H,14-15H2,1-4H3,(H,34,37)(H,35,38)/t23-,24-,26-,30+,31+/m1/s1. The highest BCUT2D eigenvalue weighted by atomic mass is 79.9. The Morgan fingerprint density at radius 3 is 2.36 bits per heavy atom. The van der Waals surface area contributed by atoms with Crippen LogP contribution in [0.25, 0.3) is 0 Å². The van der Waals surface area contributed by atoms with Crippen LogP contribution in [0.1, 0.15) is 43.4 Å². The van der Waals surface area contributed by atoms with Crippen molar-refractivity contribution in [3.63, 3.8) is 0 Å². The maximum atomic E-state index is 13.9. The first kappa shape index (κ1) is 29.8. The van der Waals surface area contributed by atoms with Crippen LogP contribution in [-0.2, 0) is 20.7 Å². The summed E-state index contributed by atoms with van der Waals surface area (Å²) in [4.78, 5) is 30.2. The zero-order valence-electron chi connectivity index (χ0n) is 23.8. The second kappa shape index (κ2) is 11.2. The zero-order valence-corrected chi connectivity index (χ0v) is 25.3. The summed E-state index contributed by atoms with van der Waals surface area (Å²) >= 11 is 3.47. The summed E-state index contributed by atoms with van der Waals surface area (Å²) in [6.45, 7) is 5.44. The van der Waals surface area contributed by atoms with Crippen molar-refractivity contribution in [1.29, 1.82) is 0 Å². The number of nitrogens with one attached hydrogen (secondary N) is 2. The fraction of sp³-hybridized carbons (Fsp3) is 0.387. The number of aromatic nitrogens is 1. The lowest BCUT2D eigenvalue weighted by molar-refractivity contribution is -0.154. The molecule has 3 aromatic rings.